The number of fused-ring (bicyclic) bond motifs is 1. The number of rotatable bonds is 3. The molecule has 1 aromatic carbocycles. The van der Waals surface area contributed by atoms with E-state index in [1.54, 1.807) is 7.11 Å². The van der Waals surface area contributed by atoms with E-state index < -0.39 is 0 Å². The fourth-order valence-electron chi connectivity index (χ4n) is 4.02. The third kappa shape index (κ3) is 3.58. The van der Waals surface area contributed by atoms with Gasteiger partial charge in [-0.1, -0.05) is 25.7 Å². The van der Waals surface area contributed by atoms with Crippen LogP contribution in [0, 0.1) is 11.8 Å². The maximum absolute atomic E-state index is 5.41. The Balaban J connectivity index is 1.69. The molecule has 4 heteroatoms. The van der Waals surface area contributed by atoms with Gasteiger partial charge in [-0.3, -0.25) is 0 Å². The Bertz CT molecular complexity index is 506. The van der Waals surface area contributed by atoms with Crippen LogP contribution in [-0.2, 0) is 0 Å². The van der Waals surface area contributed by atoms with Crippen LogP contribution in [-0.4, -0.2) is 13.2 Å². The summed E-state index contributed by atoms with van der Waals surface area (Å²) in [5.41, 5.74) is 1.15. The molecule has 1 N–H and O–H groups in total. The smallest absolute Gasteiger partial charge is 0.135 e. The van der Waals surface area contributed by atoms with Crippen molar-refractivity contribution in [2.75, 3.05) is 12.4 Å². The predicted octanol–water partition coefficient (Wildman–Crippen LogP) is 5.99. The van der Waals surface area contributed by atoms with Gasteiger partial charge in [0, 0.05) is 16.6 Å². The standard InChI is InChI=1S/C17H23Br2NO/c1-21-17-10-16(14(18)9-15(17)19)20-13-7-6-11-4-2-3-5-12(11)8-13/h9-13,20H,2-8H2,1H3. The Morgan fingerprint density at radius 2 is 1.76 bits per heavy atom. The molecular weight excluding hydrogens is 394 g/mol. The second-order valence-corrected chi connectivity index (χ2v) is 8.13. The fourth-order valence-corrected chi connectivity index (χ4v) is 5.29. The van der Waals surface area contributed by atoms with Gasteiger partial charge in [-0.15, -0.1) is 0 Å². The van der Waals surface area contributed by atoms with Crippen molar-refractivity contribution in [2.24, 2.45) is 11.8 Å². The molecule has 3 rings (SSSR count). The van der Waals surface area contributed by atoms with E-state index in [1.807, 2.05) is 0 Å². The zero-order valence-electron chi connectivity index (χ0n) is 12.5. The van der Waals surface area contributed by atoms with Crippen molar-refractivity contribution in [3.05, 3.63) is 21.1 Å². The lowest BCUT2D eigenvalue weighted by atomic mass is 9.69. The zero-order chi connectivity index (χ0) is 14.8. The van der Waals surface area contributed by atoms with Crippen LogP contribution in [0.15, 0.2) is 21.1 Å². The first-order chi connectivity index (χ1) is 10.2. The van der Waals surface area contributed by atoms with E-state index in [-0.39, 0.29) is 0 Å². The summed E-state index contributed by atoms with van der Waals surface area (Å²) < 4.78 is 7.49. The molecule has 2 saturated carbocycles. The lowest BCUT2D eigenvalue weighted by Crippen LogP contribution is -2.34. The average molecular weight is 417 g/mol. The van der Waals surface area contributed by atoms with Gasteiger partial charge in [0.2, 0.25) is 0 Å². The Morgan fingerprint density at radius 3 is 2.52 bits per heavy atom. The van der Waals surface area contributed by atoms with Gasteiger partial charge in [-0.25, -0.2) is 0 Å². The van der Waals surface area contributed by atoms with Crippen LogP contribution in [0.3, 0.4) is 0 Å². The third-order valence-electron chi connectivity index (χ3n) is 5.14. The van der Waals surface area contributed by atoms with Crippen molar-refractivity contribution in [1.82, 2.24) is 0 Å². The summed E-state index contributed by atoms with van der Waals surface area (Å²) in [5, 5.41) is 3.74. The van der Waals surface area contributed by atoms with Crippen LogP contribution in [0.5, 0.6) is 5.75 Å². The number of benzene rings is 1. The highest BCUT2D eigenvalue weighted by Gasteiger charge is 2.32. The van der Waals surface area contributed by atoms with E-state index in [2.05, 4.69) is 49.3 Å². The van der Waals surface area contributed by atoms with E-state index in [4.69, 9.17) is 4.74 Å². The highest BCUT2D eigenvalue weighted by Crippen LogP contribution is 2.42. The Hall–Kier alpha value is -0.220. The molecule has 0 aromatic heterocycles. The van der Waals surface area contributed by atoms with Crippen molar-refractivity contribution < 1.29 is 4.74 Å². The van der Waals surface area contributed by atoms with E-state index in [1.165, 1.54) is 44.9 Å². The molecule has 2 nitrogen and oxygen atoms in total. The molecule has 0 spiro atoms. The van der Waals surface area contributed by atoms with Gasteiger partial charge in [0.05, 0.1) is 17.3 Å². The van der Waals surface area contributed by atoms with Gasteiger partial charge in [0.15, 0.2) is 0 Å². The minimum absolute atomic E-state index is 0.603. The van der Waals surface area contributed by atoms with Crippen LogP contribution in [0.25, 0.3) is 0 Å². The summed E-state index contributed by atoms with van der Waals surface area (Å²) in [5.74, 6) is 2.83. The Morgan fingerprint density at radius 1 is 1.00 bits per heavy atom. The topological polar surface area (TPSA) is 21.3 Å². The van der Waals surface area contributed by atoms with Gasteiger partial charge >= 0.3 is 0 Å². The number of hydrogen-bond acceptors (Lipinski definition) is 2. The lowest BCUT2D eigenvalue weighted by Gasteiger charge is -2.40. The van der Waals surface area contributed by atoms with Crippen molar-refractivity contribution in [2.45, 2.75) is 51.0 Å². The molecule has 0 radical (unpaired) electrons. The van der Waals surface area contributed by atoms with Crippen LogP contribution in [0.1, 0.15) is 44.9 Å². The first-order valence-electron chi connectivity index (χ1n) is 7.97. The molecule has 0 heterocycles. The Labute approximate surface area is 144 Å². The molecule has 116 valence electrons. The summed E-state index contributed by atoms with van der Waals surface area (Å²) >= 11 is 7.19. The van der Waals surface area contributed by atoms with Crippen molar-refractivity contribution in [3.63, 3.8) is 0 Å². The SMILES string of the molecule is COc1cc(NC2CCC3CCCCC3C2)c(Br)cc1Br. The van der Waals surface area contributed by atoms with Crippen LogP contribution < -0.4 is 10.1 Å². The van der Waals surface area contributed by atoms with Gasteiger partial charge in [-0.05, 0) is 69.0 Å². The minimum atomic E-state index is 0.603. The zero-order valence-corrected chi connectivity index (χ0v) is 15.7. The maximum Gasteiger partial charge on any atom is 0.135 e. The van der Waals surface area contributed by atoms with Gasteiger partial charge in [-0.2, -0.15) is 0 Å². The van der Waals surface area contributed by atoms with E-state index in [0.717, 1.165) is 32.2 Å². The summed E-state index contributed by atoms with van der Waals surface area (Å²) in [6, 6.07) is 4.75. The summed E-state index contributed by atoms with van der Waals surface area (Å²) in [6.07, 6.45) is 9.81. The molecule has 0 saturated heterocycles. The summed E-state index contributed by atoms with van der Waals surface area (Å²) in [4.78, 5) is 0. The second-order valence-electron chi connectivity index (χ2n) is 6.43. The maximum atomic E-state index is 5.41. The largest absolute Gasteiger partial charge is 0.495 e. The molecule has 2 aliphatic rings. The highest BCUT2D eigenvalue weighted by molar-refractivity contribution is 9.11. The summed E-state index contributed by atoms with van der Waals surface area (Å²) in [6.45, 7) is 0. The van der Waals surface area contributed by atoms with Crippen molar-refractivity contribution in [3.8, 4) is 5.75 Å². The normalized spacial score (nSPS) is 28.8. The fraction of sp³-hybridized carbons (Fsp3) is 0.647. The van der Waals surface area contributed by atoms with Crippen molar-refractivity contribution in [1.29, 1.82) is 0 Å². The van der Waals surface area contributed by atoms with Crippen LogP contribution >= 0.6 is 31.9 Å². The van der Waals surface area contributed by atoms with E-state index in [0.29, 0.717) is 6.04 Å². The Kier molecular flexibility index (Phi) is 5.15. The number of halogens is 2. The lowest BCUT2D eigenvalue weighted by molar-refractivity contribution is 0.162. The third-order valence-corrected chi connectivity index (χ3v) is 6.42. The van der Waals surface area contributed by atoms with Gasteiger partial charge in [0.25, 0.3) is 0 Å². The first-order valence-corrected chi connectivity index (χ1v) is 9.55. The molecule has 21 heavy (non-hydrogen) atoms. The molecular formula is C17H23Br2NO. The number of methoxy groups -OCH3 is 1. The van der Waals surface area contributed by atoms with Gasteiger partial charge < -0.3 is 10.1 Å². The molecule has 0 aliphatic heterocycles. The van der Waals surface area contributed by atoms with E-state index in [9.17, 15) is 0 Å². The van der Waals surface area contributed by atoms with Crippen LogP contribution in [0.2, 0.25) is 0 Å². The number of nitrogens with one attached hydrogen (secondary N) is 1. The predicted molar refractivity (Wildman–Crippen MR) is 95.1 cm³/mol. The minimum Gasteiger partial charge on any atom is -0.495 e. The molecule has 3 unspecified atom stereocenters. The van der Waals surface area contributed by atoms with Crippen molar-refractivity contribution >= 4 is 37.5 Å². The van der Waals surface area contributed by atoms with Gasteiger partial charge in [0.1, 0.15) is 5.75 Å². The number of anilines is 1. The molecule has 3 atom stereocenters. The van der Waals surface area contributed by atoms with E-state index >= 15 is 0 Å². The van der Waals surface area contributed by atoms with Crippen LogP contribution in [0.4, 0.5) is 5.69 Å². The number of ether oxygens (including phenoxy) is 1. The first kappa shape index (κ1) is 15.7. The molecule has 2 aliphatic carbocycles. The summed E-state index contributed by atoms with van der Waals surface area (Å²) in [7, 11) is 1.71. The average Bonchev–Trinajstić information content (AvgIpc) is 2.50. The molecule has 0 bridgehead atoms. The second kappa shape index (κ2) is 6.91. The number of hydrogen-bond donors (Lipinski definition) is 1. The monoisotopic (exact) mass is 415 g/mol. The quantitative estimate of drug-likeness (QED) is 0.653. The molecule has 1 aromatic rings. The highest BCUT2D eigenvalue weighted by atomic mass is 79.9. The molecule has 2 fully saturated rings. The molecule has 0 amide bonds.